The van der Waals surface area contributed by atoms with Crippen molar-refractivity contribution in [3.05, 3.63) is 35.5 Å². The summed E-state index contributed by atoms with van der Waals surface area (Å²) in [6, 6.07) is 0. The van der Waals surface area contributed by atoms with Crippen molar-refractivity contribution >= 4 is 11.9 Å². The van der Waals surface area contributed by atoms with Crippen LogP contribution >= 0.6 is 0 Å². The zero-order valence-electron chi connectivity index (χ0n) is 14.6. The van der Waals surface area contributed by atoms with Gasteiger partial charge in [-0.3, -0.25) is 0 Å². The highest BCUT2D eigenvalue weighted by Crippen LogP contribution is 2.46. The Balaban J connectivity index is 1.55. The molecule has 0 bridgehead atoms. The van der Waals surface area contributed by atoms with E-state index in [2.05, 4.69) is 13.2 Å². The van der Waals surface area contributed by atoms with Crippen molar-refractivity contribution in [3.8, 4) is 0 Å². The SMILES string of the molecule is C=C1CC2OC2CC1C/C(C(=O)[O-])=C(\CC1CC2OC2CC1=C)C(=O)[O-]. The van der Waals surface area contributed by atoms with Crippen molar-refractivity contribution in [2.24, 2.45) is 11.8 Å². The molecule has 0 aromatic heterocycles. The van der Waals surface area contributed by atoms with Gasteiger partial charge in [-0.15, -0.1) is 0 Å². The molecule has 26 heavy (non-hydrogen) atoms. The number of fused-ring (bicyclic) bond motifs is 2. The van der Waals surface area contributed by atoms with E-state index in [1.165, 1.54) is 0 Å². The second-order valence-corrected chi connectivity index (χ2v) is 7.96. The minimum Gasteiger partial charge on any atom is -0.545 e. The smallest absolute Gasteiger partial charge is 0.0879 e. The Bertz CT molecular complexity index is 660. The number of hydrogen-bond donors (Lipinski definition) is 0. The maximum atomic E-state index is 11.7. The maximum Gasteiger partial charge on any atom is 0.0879 e. The minimum absolute atomic E-state index is 0.0960. The van der Waals surface area contributed by atoms with Crippen molar-refractivity contribution < 1.29 is 29.3 Å². The zero-order valence-corrected chi connectivity index (χ0v) is 14.6. The second-order valence-electron chi connectivity index (χ2n) is 7.96. The van der Waals surface area contributed by atoms with Crippen LogP contribution in [-0.2, 0) is 19.1 Å². The van der Waals surface area contributed by atoms with E-state index in [4.69, 9.17) is 9.47 Å². The molecule has 6 heteroatoms. The fourth-order valence-corrected chi connectivity index (χ4v) is 4.48. The number of ether oxygens (including phenoxy) is 2. The lowest BCUT2D eigenvalue weighted by Gasteiger charge is -2.28. The molecule has 4 aliphatic rings. The summed E-state index contributed by atoms with van der Waals surface area (Å²) in [5, 5.41) is 23.5. The van der Waals surface area contributed by atoms with Crippen LogP contribution in [0.1, 0.15) is 38.5 Å². The first kappa shape index (κ1) is 17.5. The van der Waals surface area contributed by atoms with E-state index < -0.39 is 11.9 Å². The quantitative estimate of drug-likeness (QED) is 0.377. The highest BCUT2D eigenvalue weighted by Gasteiger charge is 2.47. The first-order valence-corrected chi connectivity index (χ1v) is 9.14. The molecule has 2 aliphatic heterocycles. The average Bonchev–Trinajstić information content (AvgIpc) is 3.45. The van der Waals surface area contributed by atoms with Gasteiger partial charge in [0.2, 0.25) is 0 Å². The summed E-state index contributed by atoms with van der Waals surface area (Å²) >= 11 is 0. The Morgan fingerprint density at radius 2 is 1.19 bits per heavy atom. The van der Waals surface area contributed by atoms with Crippen LogP contribution in [0.25, 0.3) is 0 Å². The Hall–Kier alpha value is -1.92. The van der Waals surface area contributed by atoms with Crippen molar-refractivity contribution in [3.63, 3.8) is 0 Å². The molecular weight excluding hydrogens is 336 g/mol. The molecule has 2 saturated carbocycles. The van der Waals surface area contributed by atoms with Gasteiger partial charge >= 0.3 is 0 Å². The summed E-state index contributed by atoms with van der Waals surface area (Å²) in [6.07, 6.45) is 3.63. The average molecular weight is 358 g/mol. The van der Waals surface area contributed by atoms with Crippen LogP contribution in [0.2, 0.25) is 0 Å². The Morgan fingerprint density at radius 3 is 1.54 bits per heavy atom. The second kappa shape index (κ2) is 6.35. The molecule has 0 spiro atoms. The summed E-state index contributed by atoms with van der Waals surface area (Å²) in [6.45, 7) is 8.05. The van der Waals surface area contributed by atoms with Crippen LogP contribution in [0.15, 0.2) is 35.5 Å². The predicted octanol–water partition coefficient (Wildman–Crippen LogP) is 0.0302. The minimum atomic E-state index is -1.45. The van der Waals surface area contributed by atoms with Crippen molar-refractivity contribution in [1.29, 1.82) is 0 Å². The molecule has 0 aromatic rings. The van der Waals surface area contributed by atoms with E-state index in [1.807, 2.05) is 0 Å². The highest BCUT2D eigenvalue weighted by atomic mass is 16.6. The van der Waals surface area contributed by atoms with E-state index in [0.29, 0.717) is 25.7 Å². The third-order valence-corrected chi connectivity index (χ3v) is 6.25. The third-order valence-electron chi connectivity index (χ3n) is 6.25. The summed E-state index contributed by atoms with van der Waals surface area (Å²) in [5.74, 6) is -3.10. The van der Waals surface area contributed by atoms with Crippen molar-refractivity contribution in [1.82, 2.24) is 0 Å². The number of carbonyl (C=O) groups is 2. The molecule has 140 valence electrons. The molecule has 6 atom stereocenters. The Morgan fingerprint density at radius 1 is 0.808 bits per heavy atom. The number of carboxylic acid groups (broad SMARTS) is 2. The normalized spacial score (nSPS) is 38.8. The van der Waals surface area contributed by atoms with Gasteiger partial charge in [0, 0.05) is 0 Å². The van der Waals surface area contributed by atoms with Gasteiger partial charge in [0.15, 0.2) is 0 Å². The number of carbonyl (C=O) groups excluding carboxylic acids is 2. The summed E-state index contributed by atoms with van der Waals surface area (Å²) < 4.78 is 11.0. The fraction of sp³-hybridized carbons (Fsp3) is 0.600. The van der Waals surface area contributed by atoms with E-state index in [-0.39, 0.29) is 60.2 Å². The Labute approximate surface area is 152 Å². The fourth-order valence-electron chi connectivity index (χ4n) is 4.48. The predicted molar refractivity (Wildman–Crippen MR) is 87.3 cm³/mol. The van der Waals surface area contributed by atoms with Gasteiger partial charge in [-0.1, -0.05) is 24.3 Å². The van der Waals surface area contributed by atoms with Crippen LogP contribution in [0.4, 0.5) is 0 Å². The van der Waals surface area contributed by atoms with Gasteiger partial charge in [-0.05, 0) is 61.5 Å². The molecule has 2 aliphatic carbocycles. The van der Waals surface area contributed by atoms with Crippen LogP contribution in [0, 0.1) is 11.8 Å². The molecule has 0 amide bonds. The van der Waals surface area contributed by atoms with Crippen LogP contribution in [0.3, 0.4) is 0 Å². The standard InChI is InChI=1S/C20H24O6/c1-9-3-15-17(25-15)7-11(9)5-13(19(21)22)14(20(23)24)6-12-8-18-16(26-18)4-10(12)2/h11-12,15-18H,1-8H2,(H,21,22)(H,23,24)/p-2/b14-13-. The number of hydrogen-bond acceptors (Lipinski definition) is 6. The van der Waals surface area contributed by atoms with E-state index in [0.717, 1.165) is 11.1 Å². The lowest BCUT2D eigenvalue weighted by molar-refractivity contribution is -0.304. The molecule has 4 fully saturated rings. The van der Waals surface area contributed by atoms with Gasteiger partial charge in [0.1, 0.15) is 0 Å². The van der Waals surface area contributed by atoms with Crippen LogP contribution in [-0.4, -0.2) is 36.4 Å². The van der Waals surface area contributed by atoms with Crippen LogP contribution in [0.5, 0.6) is 0 Å². The first-order chi connectivity index (χ1) is 12.3. The number of carboxylic acids is 2. The molecule has 6 nitrogen and oxygen atoms in total. The Kier molecular flexibility index (Phi) is 4.28. The number of rotatable bonds is 6. The molecular formula is C20H22O6-2. The van der Waals surface area contributed by atoms with Gasteiger partial charge in [-0.2, -0.15) is 0 Å². The van der Waals surface area contributed by atoms with E-state index >= 15 is 0 Å². The maximum absolute atomic E-state index is 11.7. The largest absolute Gasteiger partial charge is 0.545 e. The molecule has 0 N–H and O–H groups in total. The summed E-state index contributed by atoms with van der Waals surface area (Å²) in [7, 11) is 0. The molecule has 4 rings (SSSR count). The van der Waals surface area contributed by atoms with Crippen molar-refractivity contribution in [2.45, 2.75) is 62.9 Å². The van der Waals surface area contributed by atoms with Crippen LogP contribution < -0.4 is 10.2 Å². The highest BCUT2D eigenvalue weighted by molar-refractivity contribution is 5.97. The molecule has 0 radical (unpaired) electrons. The molecule has 6 unspecified atom stereocenters. The molecule has 2 saturated heterocycles. The van der Waals surface area contributed by atoms with Gasteiger partial charge < -0.3 is 29.3 Å². The lowest BCUT2D eigenvalue weighted by Crippen LogP contribution is -2.34. The third kappa shape index (κ3) is 3.35. The summed E-state index contributed by atoms with van der Waals surface area (Å²) in [5.41, 5.74) is 1.47. The summed E-state index contributed by atoms with van der Waals surface area (Å²) in [4.78, 5) is 23.5. The van der Waals surface area contributed by atoms with Gasteiger partial charge in [0.25, 0.3) is 0 Å². The van der Waals surface area contributed by atoms with E-state index in [9.17, 15) is 19.8 Å². The van der Waals surface area contributed by atoms with Crippen molar-refractivity contribution in [2.75, 3.05) is 0 Å². The van der Waals surface area contributed by atoms with E-state index in [1.54, 1.807) is 0 Å². The molecule has 2 heterocycles. The molecule has 0 aromatic carbocycles. The first-order valence-electron chi connectivity index (χ1n) is 9.14. The lowest BCUT2D eigenvalue weighted by atomic mass is 9.77. The number of epoxide rings is 2. The monoisotopic (exact) mass is 358 g/mol. The zero-order chi connectivity index (χ0) is 18.6. The topological polar surface area (TPSA) is 105 Å². The van der Waals surface area contributed by atoms with Gasteiger partial charge in [0.05, 0.1) is 36.4 Å². The van der Waals surface area contributed by atoms with Gasteiger partial charge in [-0.25, -0.2) is 0 Å². The number of aliphatic carboxylic acids is 2.